The first-order chi connectivity index (χ1) is 10.7. The molecule has 6 heteroatoms. The van der Waals surface area contributed by atoms with E-state index in [1.807, 2.05) is 12.1 Å². The van der Waals surface area contributed by atoms with Gasteiger partial charge in [0, 0.05) is 24.6 Å². The van der Waals surface area contributed by atoms with Crippen LogP contribution in [0, 0.1) is 5.92 Å². The third-order valence-electron chi connectivity index (χ3n) is 4.73. The highest BCUT2D eigenvalue weighted by atomic mass is 35.5. The third-order valence-corrected chi connectivity index (χ3v) is 4.73. The molecule has 128 valence electrons. The quantitative estimate of drug-likeness (QED) is 0.865. The molecule has 2 aliphatic rings. The van der Waals surface area contributed by atoms with Crippen molar-refractivity contribution in [3.63, 3.8) is 0 Å². The average molecular weight is 341 g/mol. The summed E-state index contributed by atoms with van der Waals surface area (Å²) in [6.45, 7) is 0. The molecule has 0 aliphatic carbocycles. The number of methoxy groups -OCH3 is 2. The van der Waals surface area contributed by atoms with Crippen molar-refractivity contribution in [1.29, 1.82) is 0 Å². The maximum atomic E-state index is 12.3. The number of carbonyl (C=O) groups is 1. The number of amides is 1. The second kappa shape index (κ2) is 7.88. The van der Waals surface area contributed by atoms with Gasteiger partial charge in [-0.3, -0.25) is 4.79 Å². The van der Waals surface area contributed by atoms with E-state index in [1.54, 1.807) is 20.3 Å². The number of rotatable bonds is 5. The van der Waals surface area contributed by atoms with Crippen LogP contribution in [0.3, 0.4) is 0 Å². The Bertz CT molecular complexity index is 541. The molecule has 2 N–H and O–H groups in total. The van der Waals surface area contributed by atoms with Gasteiger partial charge >= 0.3 is 0 Å². The monoisotopic (exact) mass is 340 g/mol. The van der Waals surface area contributed by atoms with Gasteiger partial charge in [0.05, 0.1) is 19.9 Å². The third kappa shape index (κ3) is 4.30. The summed E-state index contributed by atoms with van der Waals surface area (Å²) in [6, 6.07) is 6.66. The minimum absolute atomic E-state index is 0. The summed E-state index contributed by atoms with van der Waals surface area (Å²) >= 11 is 0. The SMILES string of the molecule is COc1ccc(NC(=O)CC2CC3CCC(C2)N3)c(OC)c1.Cl. The molecule has 0 spiro atoms. The summed E-state index contributed by atoms with van der Waals surface area (Å²) in [7, 11) is 3.20. The Morgan fingerprint density at radius 2 is 1.91 bits per heavy atom. The van der Waals surface area contributed by atoms with E-state index in [-0.39, 0.29) is 18.3 Å². The highest BCUT2D eigenvalue weighted by molar-refractivity contribution is 5.92. The van der Waals surface area contributed by atoms with Crippen LogP contribution in [0.4, 0.5) is 5.69 Å². The first-order valence-electron chi connectivity index (χ1n) is 7.96. The number of hydrogen-bond acceptors (Lipinski definition) is 4. The van der Waals surface area contributed by atoms with Crippen molar-refractivity contribution in [2.75, 3.05) is 19.5 Å². The Morgan fingerprint density at radius 1 is 1.22 bits per heavy atom. The average Bonchev–Trinajstić information content (AvgIpc) is 2.86. The summed E-state index contributed by atoms with van der Waals surface area (Å²) in [6.07, 6.45) is 5.33. The molecule has 0 radical (unpaired) electrons. The van der Waals surface area contributed by atoms with Gasteiger partial charge < -0.3 is 20.1 Å². The highest BCUT2D eigenvalue weighted by Gasteiger charge is 2.34. The molecule has 0 aromatic heterocycles. The summed E-state index contributed by atoms with van der Waals surface area (Å²) in [5.74, 6) is 1.89. The van der Waals surface area contributed by atoms with Gasteiger partial charge in [0.1, 0.15) is 11.5 Å². The maximum absolute atomic E-state index is 12.3. The second-order valence-corrected chi connectivity index (χ2v) is 6.29. The first kappa shape index (κ1) is 17.9. The van der Waals surface area contributed by atoms with Crippen LogP contribution in [0.15, 0.2) is 18.2 Å². The number of anilines is 1. The predicted molar refractivity (Wildman–Crippen MR) is 92.7 cm³/mol. The molecule has 2 atom stereocenters. The van der Waals surface area contributed by atoms with Crippen molar-refractivity contribution in [3.05, 3.63) is 18.2 Å². The van der Waals surface area contributed by atoms with Crippen molar-refractivity contribution in [2.24, 2.45) is 5.92 Å². The van der Waals surface area contributed by atoms with E-state index in [2.05, 4.69) is 10.6 Å². The second-order valence-electron chi connectivity index (χ2n) is 6.29. The molecule has 2 unspecified atom stereocenters. The standard InChI is InChI=1S/C17H24N2O3.ClH/c1-21-14-5-6-15(16(10-14)22-2)19-17(20)9-11-7-12-3-4-13(8-11)18-12;/h5-6,10-13,18H,3-4,7-9H2,1-2H3,(H,19,20);1H. The molecule has 3 rings (SSSR count). The molecule has 1 amide bonds. The predicted octanol–water partition coefficient (Wildman–Crippen LogP) is 2.98. The lowest BCUT2D eigenvalue weighted by Crippen LogP contribution is -2.39. The van der Waals surface area contributed by atoms with Crippen molar-refractivity contribution in [2.45, 2.75) is 44.2 Å². The van der Waals surface area contributed by atoms with E-state index in [0.29, 0.717) is 41.6 Å². The van der Waals surface area contributed by atoms with Gasteiger partial charge in [-0.2, -0.15) is 0 Å². The van der Waals surface area contributed by atoms with E-state index in [1.165, 1.54) is 12.8 Å². The number of carbonyl (C=O) groups excluding carboxylic acids is 1. The molecule has 2 bridgehead atoms. The zero-order valence-electron chi connectivity index (χ0n) is 13.6. The van der Waals surface area contributed by atoms with Gasteiger partial charge in [-0.1, -0.05) is 0 Å². The first-order valence-corrected chi connectivity index (χ1v) is 7.96. The van der Waals surface area contributed by atoms with Gasteiger partial charge in [0.2, 0.25) is 5.91 Å². The van der Waals surface area contributed by atoms with Gasteiger partial charge in [-0.25, -0.2) is 0 Å². The number of fused-ring (bicyclic) bond motifs is 2. The van der Waals surface area contributed by atoms with Crippen molar-refractivity contribution in [1.82, 2.24) is 5.32 Å². The molecule has 1 aromatic rings. The minimum atomic E-state index is 0. The molecule has 0 saturated carbocycles. The molecule has 23 heavy (non-hydrogen) atoms. The molecule has 2 heterocycles. The normalized spacial score (nSPS) is 25.4. The van der Waals surface area contributed by atoms with Crippen molar-refractivity contribution >= 4 is 24.0 Å². The van der Waals surface area contributed by atoms with Crippen molar-refractivity contribution < 1.29 is 14.3 Å². The fourth-order valence-electron chi connectivity index (χ4n) is 3.71. The molecular weight excluding hydrogens is 316 g/mol. The number of hydrogen-bond donors (Lipinski definition) is 2. The van der Waals surface area contributed by atoms with Gasteiger partial charge in [0.15, 0.2) is 0 Å². The number of nitrogens with one attached hydrogen (secondary N) is 2. The molecular formula is C17H25ClN2O3. The van der Waals surface area contributed by atoms with Gasteiger partial charge in [-0.15, -0.1) is 12.4 Å². The van der Waals surface area contributed by atoms with E-state index >= 15 is 0 Å². The number of piperidine rings is 1. The lowest BCUT2D eigenvalue weighted by atomic mass is 9.89. The fourth-order valence-corrected chi connectivity index (χ4v) is 3.71. The van der Waals surface area contributed by atoms with E-state index < -0.39 is 0 Å². The van der Waals surface area contributed by atoms with Crippen LogP contribution in [0.2, 0.25) is 0 Å². The van der Waals surface area contributed by atoms with Crippen LogP contribution in [0.1, 0.15) is 32.1 Å². The van der Waals surface area contributed by atoms with E-state index in [4.69, 9.17) is 9.47 Å². The minimum Gasteiger partial charge on any atom is -0.497 e. The van der Waals surface area contributed by atoms with Gasteiger partial charge in [-0.05, 0) is 43.7 Å². The number of ether oxygens (including phenoxy) is 2. The Kier molecular flexibility index (Phi) is 6.13. The zero-order chi connectivity index (χ0) is 15.5. The Balaban J connectivity index is 0.00000192. The molecule has 5 nitrogen and oxygen atoms in total. The Morgan fingerprint density at radius 3 is 2.52 bits per heavy atom. The molecule has 1 aromatic carbocycles. The van der Waals surface area contributed by atoms with E-state index in [0.717, 1.165) is 12.8 Å². The lowest BCUT2D eigenvalue weighted by Gasteiger charge is -2.28. The number of halogens is 1. The van der Waals surface area contributed by atoms with Crippen LogP contribution in [0.5, 0.6) is 11.5 Å². The summed E-state index contributed by atoms with van der Waals surface area (Å²) in [5, 5.41) is 6.58. The van der Waals surface area contributed by atoms with Crippen molar-refractivity contribution in [3.8, 4) is 11.5 Å². The largest absolute Gasteiger partial charge is 0.497 e. The summed E-state index contributed by atoms with van der Waals surface area (Å²) in [4.78, 5) is 12.3. The fraction of sp³-hybridized carbons (Fsp3) is 0.588. The molecule has 2 aliphatic heterocycles. The Hall–Kier alpha value is -1.46. The van der Waals surface area contributed by atoms with E-state index in [9.17, 15) is 4.79 Å². The maximum Gasteiger partial charge on any atom is 0.224 e. The van der Waals surface area contributed by atoms with Crippen LogP contribution in [-0.2, 0) is 4.79 Å². The summed E-state index contributed by atoms with van der Waals surface area (Å²) < 4.78 is 10.5. The number of benzene rings is 1. The smallest absolute Gasteiger partial charge is 0.224 e. The highest BCUT2D eigenvalue weighted by Crippen LogP contribution is 2.34. The van der Waals surface area contributed by atoms with Crippen LogP contribution in [-0.4, -0.2) is 32.2 Å². The Labute approximate surface area is 143 Å². The summed E-state index contributed by atoms with van der Waals surface area (Å²) in [5.41, 5.74) is 0.699. The molecule has 2 fully saturated rings. The zero-order valence-corrected chi connectivity index (χ0v) is 14.4. The van der Waals surface area contributed by atoms with Crippen LogP contribution < -0.4 is 20.1 Å². The van der Waals surface area contributed by atoms with Crippen LogP contribution >= 0.6 is 12.4 Å². The van der Waals surface area contributed by atoms with Gasteiger partial charge in [0.25, 0.3) is 0 Å². The lowest BCUT2D eigenvalue weighted by molar-refractivity contribution is -0.117. The molecule has 2 saturated heterocycles. The topological polar surface area (TPSA) is 59.6 Å². The van der Waals surface area contributed by atoms with Crippen LogP contribution in [0.25, 0.3) is 0 Å².